The van der Waals surface area contributed by atoms with E-state index in [1.807, 2.05) is 36.6 Å². The minimum absolute atomic E-state index is 0.0336. The van der Waals surface area contributed by atoms with E-state index in [9.17, 15) is 13.2 Å². The number of hydrogen-bond acceptors (Lipinski definition) is 6. The number of carbonyl (C=O) groups is 1. The van der Waals surface area contributed by atoms with Gasteiger partial charge in [0, 0.05) is 17.0 Å². The molecular formula is C23H24N2O4S2. The van der Waals surface area contributed by atoms with Crippen molar-refractivity contribution in [3.8, 4) is 17.0 Å². The van der Waals surface area contributed by atoms with Gasteiger partial charge in [-0.25, -0.2) is 13.4 Å². The van der Waals surface area contributed by atoms with Crippen LogP contribution in [-0.2, 0) is 20.4 Å². The molecule has 0 radical (unpaired) electrons. The van der Waals surface area contributed by atoms with E-state index in [0.717, 1.165) is 28.1 Å². The van der Waals surface area contributed by atoms with Crippen LogP contribution in [0.3, 0.4) is 0 Å². The van der Waals surface area contributed by atoms with Crippen LogP contribution < -0.4 is 10.1 Å². The molecule has 0 spiro atoms. The first-order valence-electron chi connectivity index (χ1n) is 9.77. The third-order valence-corrected chi connectivity index (χ3v) is 6.99. The third kappa shape index (κ3) is 6.77. The molecule has 8 heteroatoms. The standard InChI is InChI=1S/C23H24N2O4S2/c1-3-14-31(27,28)16-18-6-4-17(5-7-18)8-13-22(26)25-23-24-21(15-30-23)19-9-11-20(29-2)12-10-19/h4-13,15H,3,14,16H2,1-2H3,(H,24,25,26)/b13-8-. The van der Waals surface area contributed by atoms with Gasteiger partial charge in [-0.15, -0.1) is 11.3 Å². The maximum Gasteiger partial charge on any atom is 0.250 e. The first kappa shape index (κ1) is 22.7. The molecule has 6 nitrogen and oxygen atoms in total. The van der Waals surface area contributed by atoms with Crippen molar-refractivity contribution in [2.24, 2.45) is 0 Å². The number of thiazole rings is 1. The van der Waals surface area contributed by atoms with Crippen molar-refractivity contribution in [1.29, 1.82) is 0 Å². The Labute approximate surface area is 186 Å². The summed E-state index contributed by atoms with van der Waals surface area (Å²) < 4.78 is 29.0. The van der Waals surface area contributed by atoms with Gasteiger partial charge in [0.15, 0.2) is 15.0 Å². The van der Waals surface area contributed by atoms with E-state index in [1.165, 1.54) is 17.4 Å². The van der Waals surface area contributed by atoms with Crippen LogP contribution in [-0.4, -0.2) is 32.2 Å². The van der Waals surface area contributed by atoms with E-state index < -0.39 is 9.84 Å². The van der Waals surface area contributed by atoms with Crippen LogP contribution in [0.1, 0.15) is 24.5 Å². The van der Waals surface area contributed by atoms with Crippen LogP contribution in [0.25, 0.3) is 17.3 Å². The lowest BCUT2D eigenvalue weighted by Gasteiger charge is -2.03. The minimum atomic E-state index is -3.07. The molecule has 2 aromatic carbocycles. The number of anilines is 1. The van der Waals surface area contributed by atoms with Crippen LogP contribution in [0.2, 0.25) is 0 Å². The highest BCUT2D eigenvalue weighted by Crippen LogP contribution is 2.26. The van der Waals surface area contributed by atoms with Gasteiger partial charge in [-0.3, -0.25) is 10.1 Å². The predicted molar refractivity (Wildman–Crippen MR) is 126 cm³/mol. The molecule has 0 aliphatic rings. The van der Waals surface area contributed by atoms with Crippen molar-refractivity contribution in [2.75, 3.05) is 18.2 Å². The van der Waals surface area contributed by atoms with E-state index in [2.05, 4.69) is 10.3 Å². The Balaban J connectivity index is 1.57. The molecule has 0 aliphatic carbocycles. The second-order valence-corrected chi connectivity index (χ2v) is 9.96. The average Bonchev–Trinajstić information content (AvgIpc) is 3.21. The van der Waals surface area contributed by atoms with Crippen LogP contribution >= 0.6 is 11.3 Å². The molecule has 3 aromatic rings. The largest absolute Gasteiger partial charge is 0.497 e. The molecule has 1 heterocycles. The average molecular weight is 457 g/mol. The monoisotopic (exact) mass is 456 g/mol. The van der Waals surface area contributed by atoms with Crippen LogP contribution in [0.15, 0.2) is 60.0 Å². The normalized spacial score (nSPS) is 11.5. The zero-order valence-corrected chi connectivity index (χ0v) is 19.0. The van der Waals surface area contributed by atoms with Crippen molar-refractivity contribution in [1.82, 2.24) is 4.98 Å². The van der Waals surface area contributed by atoms with Crippen LogP contribution in [0.5, 0.6) is 5.75 Å². The summed E-state index contributed by atoms with van der Waals surface area (Å²) in [4.78, 5) is 16.7. The van der Waals surface area contributed by atoms with Gasteiger partial charge in [0.1, 0.15) is 5.75 Å². The Morgan fingerprint density at radius 3 is 2.48 bits per heavy atom. The van der Waals surface area contributed by atoms with Crippen LogP contribution in [0, 0.1) is 0 Å². The number of nitrogens with one attached hydrogen (secondary N) is 1. The van der Waals surface area contributed by atoms with Crippen LogP contribution in [0.4, 0.5) is 5.13 Å². The summed E-state index contributed by atoms with van der Waals surface area (Å²) in [7, 11) is -1.46. The fraction of sp³-hybridized carbons (Fsp3) is 0.217. The zero-order valence-electron chi connectivity index (χ0n) is 17.4. The summed E-state index contributed by atoms with van der Waals surface area (Å²) in [6, 6.07) is 14.7. The lowest BCUT2D eigenvalue weighted by molar-refractivity contribution is -0.111. The van der Waals surface area contributed by atoms with E-state index in [4.69, 9.17) is 4.74 Å². The van der Waals surface area contributed by atoms with Gasteiger partial charge in [-0.2, -0.15) is 0 Å². The molecule has 0 saturated carbocycles. The molecular weight excluding hydrogens is 432 g/mol. The van der Waals surface area contributed by atoms with Gasteiger partial charge < -0.3 is 4.74 Å². The summed E-state index contributed by atoms with van der Waals surface area (Å²) in [5.74, 6) is 0.705. The third-order valence-electron chi connectivity index (χ3n) is 4.43. The molecule has 0 fully saturated rings. The Morgan fingerprint density at radius 2 is 1.84 bits per heavy atom. The second-order valence-electron chi connectivity index (χ2n) is 6.92. The van der Waals surface area contributed by atoms with E-state index >= 15 is 0 Å². The summed E-state index contributed by atoms with van der Waals surface area (Å²) in [6.45, 7) is 1.85. The number of hydrogen-bond donors (Lipinski definition) is 1. The van der Waals surface area contributed by atoms with Gasteiger partial charge in [0.25, 0.3) is 0 Å². The number of ether oxygens (including phenoxy) is 1. The number of sulfone groups is 1. The molecule has 1 amide bonds. The molecule has 0 unspecified atom stereocenters. The smallest absolute Gasteiger partial charge is 0.250 e. The predicted octanol–water partition coefficient (Wildman–Crippen LogP) is 4.80. The summed E-state index contributed by atoms with van der Waals surface area (Å²) in [5.41, 5.74) is 3.27. The fourth-order valence-corrected chi connectivity index (χ4v) is 5.10. The number of methoxy groups -OCH3 is 1. The molecule has 3 rings (SSSR count). The topological polar surface area (TPSA) is 85.4 Å². The number of benzene rings is 2. The van der Waals surface area contributed by atoms with Crippen molar-refractivity contribution in [3.05, 3.63) is 71.1 Å². The Kier molecular flexibility index (Phi) is 7.59. The highest BCUT2D eigenvalue weighted by molar-refractivity contribution is 7.90. The first-order chi connectivity index (χ1) is 14.9. The maximum atomic E-state index is 12.2. The second kappa shape index (κ2) is 10.4. The number of rotatable bonds is 9. The van der Waals surface area contributed by atoms with E-state index in [0.29, 0.717) is 11.6 Å². The SMILES string of the molecule is CCCS(=O)(=O)Cc1ccc(/C=C\C(=O)Nc2nc(-c3ccc(OC)cc3)cs2)cc1. The molecule has 162 valence electrons. The van der Waals surface area contributed by atoms with E-state index in [-0.39, 0.29) is 17.4 Å². The van der Waals surface area contributed by atoms with Gasteiger partial charge in [-0.05, 0) is 47.9 Å². The number of aromatic nitrogens is 1. The van der Waals surface area contributed by atoms with Gasteiger partial charge in [0.05, 0.1) is 24.3 Å². The minimum Gasteiger partial charge on any atom is -0.497 e. The van der Waals surface area contributed by atoms with Gasteiger partial charge in [-0.1, -0.05) is 31.2 Å². The van der Waals surface area contributed by atoms with E-state index in [1.54, 1.807) is 37.5 Å². The maximum absolute atomic E-state index is 12.2. The van der Waals surface area contributed by atoms with Gasteiger partial charge in [0.2, 0.25) is 5.91 Å². The fourth-order valence-electron chi connectivity index (χ4n) is 2.91. The summed E-state index contributed by atoms with van der Waals surface area (Å²) >= 11 is 1.35. The zero-order chi connectivity index (χ0) is 22.3. The number of nitrogens with zero attached hydrogens (tertiary/aromatic N) is 1. The highest BCUT2D eigenvalue weighted by Gasteiger charge is 2.10. The molecule has 31 heavy (non-hydrogen) atoms. The molecule has 0 saturated heterocycles. The lowest BCUT2D eigenvalue weighted by atomic mass is 10.1. The molecule has 1 N–H and O–H groups in total. The van der Waals surface area contributed by atoms with Crippen molar-refractivity contribution < 1.29 is 17.9 Å². The Bertz CT molecular complexity index is 1150. The quantitative estimate of drug-likeness (QED) is 0.468. The van der Waals surface area contributed by atoms with Crippen molar-refractivity contribution in [3.63, 3.8) is 0 Å². The molecule has 1 aromatic heterocycles. The number of amides is 1. The Morgan fingerprint density at radius 1 is 1.13 bits per heavy atom. The molecule has 0 aliphatic heterocycles. The summed E-state index contributed by atoms with van der Waals surface area (Å²) in [5, 5.41) is 5.15. The Hall–Kier alpha value is -2.97. The first-order valence-corrected chi connectivity index (χ1v) is 12.5. The van der Waals surface area contributed by atoms with Gasteiger partial charge >= 0.3 is 0 Å². The molecule has 0 bridgehead atoms. The summed E-state index contributed by atoms with van der Waals surface area (Å²) in [6.07, 6.45) is 3.72. The molecule has 0 atom stereocenters. The van der Waals surface area contributed by atoms with Crippen molar-refractivity contribution in [2.45, 2.75) is 19.1 Å². The highest BCUT2D eigenvalue weighted by atomic mass is 32.2. The number of carbonyl (C=O) groups excluding carboxylic acids is 1. The van der Waals surface area contributed by atoms with Crippen molar-refractivity contribution >= 4 is 38.3 Å². The lowest BCUT2D eigenvalue weighted by Crippen LogP contribution is -2.08.